The van der Waals surface area contributed by atoms with Gasteiger partial charge >= 0.3 is 0 Å². The molecule has 1 aromatic heterocycles. The Hall–Kier alpha value is -2.48. The van der Waals surface area contributed by atoms with Crippen molar-refractivity contribution in [3.05, 3.63) is 33.2 Å². The average molecular weight is 319 g/mol. The summed E-state index contributed by atoms with van der Waals surface area (Å²) in [5, 5.41) is 2.50. The van der Waals surface area contributed by atoms with Crippen LogP contribution in [0.4, 0.5) is 0 Å². The van der Waals surface area contributed by atoms with E-state index >= 15 is 0 Å². The fourth-order valence-corrected chi connectivity index (χ4v) is 2.95. The van der Waals surface area contributed by atoms with Crippen molar-refractivity contribution in [1.29, 1.82) is 0 Å². The van der Waals surface area contributed by atoms with E-state index < -0.39 is 22.9 Å². The third-order valence-corrected chi connectivity index (χ3v) is 4.34. The molecule has 1 fully saturated rings. The average Bonchev–Trinajstić information content (AvgIpc) is 2.96. The number of hydrogen-bond acceptors (Lipinski definition) is 5. The number of primary amides is 1. The minimum Gasteiger partial charge on any atom is -0.378 e. The molecule has 0 aromatic carbocycles. The maximum atomic E-state index is 12.4. The molecule has 8 heteroatoms. The lowest BCUT2D eigenvalue weighted by Gasteiger charge is -2.25. The number of ketones is 1. The lowest BCUT2D eigenvalue weighted by molar-refractivity contribution is -0.124. The number of carbonyl (C=O) groups excluding carboxylic acids is 3. The Labute approximate surface area is 131 Å². The number of aromatic amines is 1. The van der Waals surface area contributed by atoms with Gasteiger partial charge in [-0.1, -0.05) is 0 Å². The van der Waals surface area contributed by atoms with Gasteiger partial charge in [0.2, 0.25) is 5.91 Å². The number of hydrogen-bond donors (Lipinski definition) is 3. The standard InChI is InChI=1S/C15H17N3O5/c16-14(22)15(4-5-23-7-15)18-13(21)9-6-8-10(17-12(9)20)2-1-3-11(8)19/h6H,1-5,7H2,(H2,16,22)(H,17,20)(H,18,21). The predicted octanol–water partition coefficient (Wildman–Crippen LogP) is -0.732. The maximum absolute atomic E-state index is 12.4. The van der Waals surface area contributed by atoms with Crippen molar-refractivity contribution >= 4 is 17.6 Å². The second-order valence-corrected chi connectivity index (χ2v) is 5.88. The van der Waals surface area contributed by atoms with E-state index in [2.05, 4.69) is 10.3 Å². The van der Waals surface area contributed by atoms with E-state index in [0.717, 1.165) is 0 Å². The van der Waals surface area contributed by atoms with Gasteiger partial charge in [-0.05, 0) is 18.9 Å². The Balaban J connectivity index is 1.94. The van der Waals surface area contributed by atoms with Gasteiger partial charge in [0.25, 0.3) is 11.5 Å². The zero-order valence-corrected chi connectivity index (χ0v) is 12.4. The summed E-state index contributed by atoms with van der Waals surface area (Å²) in [6.45, 7) is 0.262. The van der Waals surface area contributed by atoms with Gasteiger partial charge in [0.15, 0.2) is 5.78 Å². The highest BCUT2D eigenvalue weighted by Gasteiger charge is 2.42. The van der Waals surface area contributed by atoms with Crippen molar-refractivity contribution in [3.8, 4) is 0 Å². The minimum absolute atomic E-state index is 0.0319. The van der Waals surface area contributed by atoms with Gasteiger partial charge < -0.3 is 20.8 Å². The molecular weight excluding hydrogens is 302 g/mol. The second-order valence-electron chi connectivity index (χ2n) is 5.88. The molecule has 0 saturated carbocycles. The molecule has 2 heterocycles. The number of Topliss-reactive ketones (excluding diaryl/α,β-unsaturated/α-hetero) is 1. The molecule has 122 valence electrons. The number of aryl methyl sites for hydroxylation is 1. The first-order valence-electron chi connectivity index (χ1n) is 7.42. The molecule has 23 heavy (non-hydrogen) atoms. The van der Waals surface area contributed by atoms with Crippen LogP contribution in [0.5, 0.6) is 0 Å². The van der Waals surface area contributed by atoms with Gasteiger partial charge in [0.05, 0.1) is 6.61 Å². The van der Waals surface area contributed by atoms with Crippen molar-refractivity contribution in [3.63, 3.8) is 0 Å². The van der Waals surface area contributed by atoms with Crippen LogP contribution >= 0.6 is 0 Å². The molecule has 1 atom stereocenters. The van der Waals surface area contributed by atoms with Crippen LogP contribution in [-0.4, -0.2) is 41.3 Å². The number of pyridine rings is 1. The molecule has 0 radical (unpaired) electrons. The Morgan fingerprint density at radius 2 is 2.09 bits per heavy atom. The summed E-state index contributed by atoms with van der Waals surface area (Å²) in [4.78, 5) is 50.7. The Kier molecular flexibility index (Phi) is 3.77. The highest BCUT2D eigenvalue weighted by atomic mass is 16.5. The van der Waals surface area contributed by atoms with E-state index in [4.69, 9.17) is 10.5 Å². The molecule has 1 unspecified atom stereocenters. The third kappa shape index (κ3) is 2.65. The normalized spacial score (nSPS) is 23.4. The molecule has 2 aliphatic rings. The number of aromatic nitrogens is 1. The monoisotopic (exact) mass is 319 g/mol. The van der Waals surface area contributed by atoms with Gasteiger partial charge in [0.1, 0.15) is 11.1 Å². The molecule has 1 aliphatic heterocycles. The molecule has 8 nitrogen and oxygen atoms in total. The van der Waals surface area contributed by atoms with Crippen molar-refractivity contribution in [2.45, 2.75) is 31.2 Å². The van der Waals surface area contributed by atoms with Crippen LogP contribution in [0.2, 0.25) is 0 Å². The number of ether oxygens (including phenoxy) is 1. The maximum Gasteiger partial charge on any atom is 0.261 e. The van der Waals surface area contributed by atoms with Crippen LogP contribution in [0.3, 0.4) is 0 Å². The molecule has 2 amide bonds. The highest BCUT2D eigenvalue weighted by molar-refractivity contribution is 6.03. The zero-order valence-electron chi connectivity index (χ0n) is 12.4. The van der Waals surface area contributed by atoms with Crippen molar-refractivity contribution in [2.75, 3.05) is 13.2 Å². The van der Waals surface area contributed by atoms with Crippen LogP contribution in [0.15, 0.2) is 10.9 Å². The van der Waals surface area contributed by atoms with Crippen molar-refractivity contribution in [1.82, 2.24) is 10.3 Å². The smallest absolute Gasteiger partial charge is 0.261 e. The summed E-state index contributed by atoms with van der Waals surface area (Å²) in [7, 11) is 0. The van der Waals surface area contributed by atoms with E-state index in [0.29, 0.717) is 37.1 Å². The topological polar surface area (TPSA) is 131 Å². The fraction of sp³-hybridized carbons (Fsp3) is 0.467. The summed E-state index contributed by atoms with van der Waals surface area (Å²) in [5.41, 5.74) is 4.16. The first-order chi connectivity index (χ1) is 10.9. The van der Waals surface area contributed by atoms with E-state index in [1.807, 2.05) is 0 Å². The number of fused-ring (bicyclic) bond motifs is 1. The second kappa shape index (κ2) is 5.62. The summed E-state index contributed by atoms with van der Waals surface area (Å²) < 4.78 is 5.14. The van der Waals surface area contributed by atoms with Crippen molar-refractivity contribution < 1.29 is 19.1 Å². The lowest BCUT2D eigenvalue weighted by Crippen LogP contribution is -2.58. The molecule has 1 saturated heterocycles. The summed E-state index contributed by atoms with van der Waals surface area (Å²) in [5.74, 6) is -1.56. The van der Waals surface area contributed by atoms with E-state index in [1.54, 1.807) is 0 Å². The van der Waals surface area contributed by atoms with Crippen LogP contribution in [-0.2, 0) is 16.0 Å². The van der Waals surface area contributed by atoms with Crippen LogP contribution in [0.25, 0.3) is 0 Å². The molecule has 0 bridgehead atoms. The summed E-state index contributed by atoms with van der Waals surface area (Å²) in [6, 6.07) is 1.30. The minimum atomic E-state index is -1.32. The number of nitrogens with two attached hydrogens (primary N) is 1. The summed E-state index contributed by atoms with van der Waals surface area (Å²) in [6.07, 6.45) is 1.90. The van der Waals surface area contributed by atoms with Gasteiger partial charge in [-0.25, -0.2) is 0 Å². The van der Waals surface area contributed by atoms with E-state index in [-0.39, 0.29) is 24.4 Å². The lowest BCUT2D eigenvalue weighted by atomic mass is 9.93. The number of nitrogens with one attached hydrogen (secondary N) is 2. The molecule has 4 N–H and O–H groups in total. The van der Waals surface area contributed by atoms with E-state index in [1.165, 1.54) is 6.07 Å². The van der Waals surface area contributed by atoms with Crippen LogP contribution in [0.1, 0.15) is 45.7 Å². The number of rotatable bonds is 3. The number of amides is 2. The van der Waals surface area contributed by atoms with Crippen LogP contribution < -0.4 is 16.6 Å². The SMILES string of the molecule is NC(=O)C1(NC(=O)c2cc3c([nH]c2=O)CCCC3=O)CCOC1. The van der Waals surface area contributed by atoms with Gasteiger partial charge in [-0.15, -0.1) is 0 Å². The zero-order chi connectivity index (χ0) is 16.6. The molecule has 1 aromatic rings. The summed E-state index contributed by atoms with van der Waals surface area (Å²) >= 11 is 0. The molecular formula is C15H17N3O5. The predicted molar refractivity (Wildman–Crippen MR) is 79.2 cm³/mol. The Morgan fingerprint density at radius 1 is 1.30 bits per heavy atom. The largest absolute Gasteiger partial charge is 0.378 e. The van der Waals surface area contributed by atoms with Gasteiger partial charge in [0, 0.05) is 30.7 Å². The Morgan fingerprint density at radius 3 is 2.74 bits per heavy atom. The highest BCUT2D eigenvalue weighted by Crippen LogP contribution is 2.21. The van der Waals surface area contributed by atoms with Crippen LogP contribution in [0, 0.1) is 0 Å². The quantitative estimate of drug-likeness (QED) is 0.676. The fourth-order valence-electron chi connectivity index (χ4n) is 2.95. The molecule has 0 spiro atoms. The first-order valence-corrected chi connectivity index (χ1v) is 7.42. The van der Waals surface area contributed by atoms with E-state index in [9.17, 15) is 19.2 Å². The first kappa shape index (κ1) is 15.4. The number of H-pyrrole nitrogens is 1. The number of carbonyl (C=O) groups is 3. The molecule has 1 aliphatic carbocycles. The van der Waals surface area contributed by atoms with Gasteiger partial charge in [-0.2, -0.15) is 0 Å². The third-order valence-electron chi connectivity index (χ3n) is 4.34. The Bertz CT molecular complexity index is 746. The molecule has 3 rings (SSSR count). The van der Waals surface area contributed by atoms with Crippen molar-refractivity contribution in [2.24, 2.45) is 5.73 Å². The van der Waals surface area contributed by atoms with Gasteiger partial charge in [-0.3, -0.25) is 19.2 Å².